The van der Waals surface area contributed by atoms with Gasteiger partial charge in [0.2, 0.25) is 0 Å². The molecule has 0 radical (unpaired) electrons. The summed E-state index contributed by atoms with van der Waals surface area (Å²) >= 11 is 0. The number of alkyl carbamates (subject to hydrolysis) is 1. The molecule has 0 aliphatic carbocycles. The van der Waals surface area contributed by atoms with Crippen molar-refractivity contribution in [3.05, 3.63) is 90.5 Å². The molecule has 1 amide bonds. The number of ketones is 1. The number of aromatic nitrogens is 4. The van der Waals surface area contributed by atoms with Gasteiger partial charge in [0.15, 0.2) is 11.6 Å². The minimum atomic E-state index is -1.21. The molecule has 4 rings (SSSR count). The Balaban J connectivity index is 1.47. The van der Waals surface area contributed by atoms with Crippen LogP contribution in [-0.2, 0) is 32.2 Å². The zero-order valence-corrected chi connectivity index (χ0v) is 22.6. The van der Waals surface area contributed by atoms with Gasteiger partial charge in [0.05, 0.1) is 6.42 Å². The van der Waals surface area contributed by atoms with E-state index in [1.165, 1.54) is 4.68 Å². The molecular weight excluding hydrogens is 510 g/mol. The fraction of sp³-hybridized carbons (Fsp3) is 0.267. The molecule has 0 fully saturated rings. The Bertz CT molecular complexity index is 1430. The summed E-state index contributed by atoms with van der Waals surface area (Å²) in [4.78, 5) is 38.5. The number of amides is 1. The molecular formula is C30H31N5O5. The SMILES string of the molecule is CC(C)(C)OC(=O)CC(NC(=O)OCc1ccccc1)C(=O)Cn1nnnc1-c1ccc(-c2ccccc2)cc1. The highest BCUT2D eigenvalue weighted by molar-refractivity contribution is 5.91. The summed E-state index contributed by atoms with van der Waals surface area (Å²) in [5.74, 6) is -0.754. The molecule has 0 aliphatic rings. The lowest BCUT2D eigenvalue weighted by Crippen LogP contribution is -2.45. The molecule has 10 heteroatoms. The average Bonchev–Trinajstić information content (AvgIpc) is 3.39. The standard InChI is InChI=1S/C30H31N5O5/c1-30(2,3)40-27(37)18-25(31-29(38)39-20-21-10-6-4-7-11-21)26(36)19-35-28(32-33-34-35)24-16-14-23(15-17-24)22-12-8-5-9-13-22/h4-17,25H,18-20H2,1-3H3,(H,31,38). The largest absolute Gasteiger partial charge is 0.460 e. The zero-order valence-electron chi connectivity index (χ0n) is 22.6. The molecule has 1 unspecified atom stereocenters. The van der Waals surface area contributed by atoms with Gasteiger partial charge in [-0.05, 0) is 47.9 Å². The van der Waals surface area contributed by atoms with Crippen molar-refractivity contribution >= 4 is 17.8 Å². The molecule has 3 aromatic carbocycles. The first-order chi connectivity index (χ1) is 19.2. The Labute approximate surface area is 232 Å². The van der Waals surface area contributed by atoms with Crippen molar-refractivity contribution < 1.29 is 23.9 Å². The number of ether oxygens (including phenoxy) is 2. The van der Waals surface area contributed by atoms with Crippen molar-refractivity contribution in [2.45, 2.75) is 52.0 Å². The highest BCUT2D eigenvalue weighted by Gasteiger charge is 2.28. The van der Waals surface area contributed by atoms with Crippen LogP contribution < -0.4 is 5.32 Å². The minimum Gasteiger partial charge on any atom is -0.460 e. The van der Waals surface area contributed by atoms with Gasteiger partial charge in [-0.3, -0.25) is 9.59 Å². The maximum Gasteiger partial charge on any atom is 0.408 e. The lowest BCUT2D eigenvalue weighted by atomic mass is 10.0. The summed E-state index contributed by atoms with van der Waals surface area (Å²) in [6.07, 6.45) is -1.21. The monoisotopic (exact) mass is 541 g/mol. The molecule has 4 aromatic rings. The molecule has 0 bridgehead atoms. The minimum absolute atomic E-state index is 0.0101. The summed E-state index contributed by atoms with van der Waals surface area (Å²) in [7, 11) is 0. The summed E-state index contributed by atoms with van der Waals surface area (Å²) in [6.45, 7) is 4.89. The third kappa shape index (κ3) is 8.07. The number of hydrogen-bond donors (Lipinski definition) is 1. The van der Waals surface area contributed by atoms with Crippen LogP contribution in [0.2, 0.25) is 0 Å². The van der Waals surface area contributed by atoms with Crippen LogP contribution in [0.5, 0.6) is 0 Å². The molecule has 40 heavy (non-hydrogen) atoms. The third-order valence-electron chi connectivity index (χ3n) is 5.77. The van der Waals surface area contributed by atoms with Crippen LogP contribution in [-0.4, -0.2) is 49.7 Å². The number of Topliss-reactive ketones (excluding diaryl/α,β-unsaturated/α-hetero) is 1. The molecule has 1 heterocycles. The van der Waals surface area contributed by atoms with Gasteiger partial charge in [-0.2, -0.15) is 0 Å². The maximum absolute atomic E-state index is 13.3. The van der Waals surface area contributed by atoms with Crippen molar-refractivity contribution in [2.24, 2.45) is 0 Å². The van der Waals surface area contributed by atoms with Crippen molar-refractivity contribution in [3.63, 3.8) is 0 Å². The second-order valence-electron chi connectivity index (χ2n) is 10.1. The summed E-state index contributed by atoms with van der Waals surface area (Å²) in [6, 6.07) is 25.4. The molecule has 1 aromatic heterocycles. The van der Waals surface area contributed by atoms with E-state index in [1.807, 2.05) is 84.9 Å². The normalized spacial score (nSPS) is 11.9. The van der Waals surface area contributed by atoms with Gasteiger partial charge >= 0.3 is 12.1 Å². The summed E-state index contributed by atoms with van der Waals surface area (Å²) in [5.41, 5.74) is 2.82. The predicted octanol–water partition coefficient (Wildman–Crippen LogP) is 4.60. The van der Waals surface area contributed by atoms with Crippen molar-refractivity contribution in [1.82, 2.24) is 25.5 Å². The van der Waals surface area contributed by atoms with Crippen molar-refractivity contribution in [2.75, 3.05) is 0 Å². The number of benzene rings is 3. The van der Waals surface area contributed by atoms with Gasteiger partial charge in [0.1, 0.15) is 24.8 Å². The van der Waals surface area contributed by atoms with Gasteiger partial charge < -0.3 is 14.8 Å². The number of nitrogens with one attached hydrogen (secondary N) is 1. The Hall–Kier alpha value is -4.86. The number of tetrazole rings is 1. The topological polar surface area (TPSA) is 125 Å². The molecule has 0 saturated carbocycles. The van der Waals surface area contributed by atoms with E-state index in [4.69, 9.17) is 9.47 Å². The molecule has 206 valence electrons. The summed E-state index contributed by atoms with van der Waals surface area (Å²) in [5, 5.41) is 14.3. The quantitative estimate of drug-likeness (QED) is 0.289. The predicted molar refractivity (Wildman–Crippen MR) is 148 cm³/mol. The fourth-order valence-corrected chi connectivity index (χ4v) is 3.92. The Morgan fingerprint density at radius 3 is 2.10 bits per heavy atom. The van der Waals surface area contributed by atoms with Crippen LogP contribution in [0, 0.1) is 0 Å². The molecule has 0 aliphatic heterocycles. The van der Waals surface area contributed by atoms with E-state index in [9.17, 15) is 14.4 Å². The lowest BCUT2D eigenvalue weighted by Gasteiger charge is -2.22. The number of esters is 1. The number of hydrogen-bond acceptors (Lipinski definition) is 8. The van der Waals surface area contributed by atoms with E-state index in [0.717, 1.165) is 16.7 Å². The first kappa shape index (κ1) is 28.2. The highest BCUT2D eigenvalue weighted by Crippen LogP contribution is 2.23. The third-order valence-corrected chi connectivity index (χ3v) is 5.77. The highest BCUT2D eigenvalue weighted by atomic mass is 16.6. The van der Waals surface area contributed by atoms with E-state index in [0.29, 0.717) is 11.4 Å². The first-order valence-corrected chi connectivity index (χ1v) is 12.8. The number of carbonyl (C=O) groups is 3. The second kappa shape index (κ2) is 12.8. The summed E-state index contributed by atoms with van der Waals surface area (Å²) < 4.78 is 12.0. The van der Waals surface area contributed by atoms with E-state index in [2.05, 4.69) is 20.8 Å². The smallest absolute Gasteiger partial charge is 0.408 e. The number of nitrogens with zero attached hydrogens (tertiary/aromatic N) is 4. The van der Waals surface area contributed by atoms with Crippen LogP contribution in [0.15, 0.2) is 84.9 Å². The Morgan fingerprint density at radius 1 is 0.850 bits per heavy atom. The van der Waals surface area contributed by atoms with Crippen molar-refractivity contribution in [1.29, 1.82) is 0 Å². The number of rotatable bonds is 10. The van der Waals surface area contributed by atoms with Gasteiger partial charge in [0.25, 0.3) is 0 Å². The lowest BCUT2D eigenvalue weighted by molar-refractivity contribution is -0.156. The molecule has 0 saturated heterocycles. The molecule has 1 N–H and O–H groups in total. The van der Waals surface area contributed by atoms with Crippen LogP contribution >= 0.6 is 0 Å². The number of carbonyl (C=O) groups excluding carboxylic acids is 3. The van der Waals surface area contributed by atoms with Crippen LogP contribution in [0.25, 0.3) is 22.5 Å². The van der Waals surface area contributed by atoms with E-state index in [1.54, 1.807) is 20.8 Å². The fourth-order valence-electron chi connectivity index (χ4n) is 3.92. The van der Waals surface area contributed by atoms with Gasteiger partial charge in [0, 0.05) is 5.56 Å². The molecule has 10 nitrogen and oxygen atoms in total. The Kier molecular flexibility index (Phi) is 9.00. The Morgan fingerprint density at radius 2 is 1.45 bits per heavy atom. The molecule has 0 spiro atoms. The van der Waals surface area contributed by atoms with Crippen LogP contribution in [0.1, 0.15) is 32.8 Å². The van der Waals surface area contributed by atoms with Crippen molar-refractivity contribution in [3.8, 4) is 22.5 Å². The maximum atomic E-state index is 13.3. The van der Waals surface area contributed by atoms with E-state index < -0.39 is 29.5 Å². The average molecular weight is 542 g/mol. The first-order valence-electron chi connectivity index (χ1n) is 12.8. The van der Waals surface area contributed by atoms with Gasteiger partial charge in [-0.1, -0.05) is 84.9 Å². The van der Waals surface area contributed by atoms with E-state index in [-0.39, 0.29) is 19.6 Å². The molecule has 1 atom stereocenters. The van der Waals surface area contributed by atoms with Gasteiger partial charge in [-0.25, -0.2) is 9.48 Å². The second-order valence-corrected chi connectivity index (χ2v) is 10.1. The van der Waals surface area contributed by atoms with Crippen LogP contribution in [0.4, 0.5) is 4.79 Å². The zero-order chi connectivity index (χ0) is 28.5. The van der Waals surface area contributed by atoms with Crippen LogP contribution in [0.3, 0.4) is 0 Å². The van der Waals surface area contributed by atoms with E-state index >= 15 is 0 Å². The van der Waals surface area contributed by atoms with Gasteiger partial charge in [-0.15, -0.1) is 5.10 Å².